The molecule has 24 heavy (non-hydrogen) atoms. The fraction of sp³-hybridized carbons (Fsp3) is 0.211. The number of carbonyl (C=O) groups excluding carboxylic acids is 1. The van der Waals surface area contributed by atoms with Gasteiger partial charge in [0.05, 0.1) is 7.11 Å². The molecule has 1 aromatic rings. The summed E-state index contributed by atoms with van der Waals surface area (Å²) in [7, 11) is 2.63. The molecule has 1 unspecified atom stereocenters. The molecule has 0 amide bonds. The summed E-state index contributed by atoms with van der Waals surface area (Å²) in [5.41, 5.74) is 2.27. The SMILES string of the molecule is C=C(C=O)/C=C\C(=C/C)C1NC=C(c2cccc(OC)c2)O1.CO. The minimum Gasteiger partial charge on any atom is -0.497 e. The average Bonchev–Trinajstić information content (AvgIpc) is 3.13. The van der Waals surface area contributed by atoms with Gasteiger partial charge >= 0.3 is 0 Å². The fourth-order valence-corrected chi connectivity index (χ4v) is 2.02. The van der Waals surface area contributed by atoms with Gasteiger partial charge in [-0.15, -0.1) is 0 Å². The third-order valence-electron chi connectivity index (χ3n) is 3.24. The Hall–Kier alpha value is -2.79. The Bertz CT molecular complexity index is 659. The van der Waals surface area contributed by atoms with Crippen LogP contribution in [0, 0.1) is 0 Å². The van der Waals surface area contributed by atoms with Crippen LogP contribution in [-0.2, 0) is 9.53 Å². The normalized spacial score (nSPS) is 16.4. The second-order valence-corrected chi connectivity index (χ2v) is 4.72. The van der Waals surface area contributed by atoms with Gasteiger partial charge in [-0.05, 0) is 19.1 Å². The van der Waals surface area contributed by atoms with Gasteiger partial charge in [-0.2, -0.15) is 0 Å². The predicted molar refractivity (Wildman–Crippen MR) is 95.2 cm³/mol. The number of allylic oxidation sites excluding steroid dienone is 3. The van der Waals surface area contributed by atoms with Gasteiger partial charge in [-0.1, -0.05) is 36.9 Å². The van der Waals surface area contributed by atoms with Crippen molar-refractivity contribution in [3.05, 3.63) is 72.0 Å². The number of methoxy groups -OCH3 is 1. The highest BCUT2D eigenvalue weighted by Crippen LogP contribution is 2.26. The molecule has 0 bridgehead atoms. The van der Waals surface area contributed by atoms with Crippen LogP contribution in [0.15, 0.2) is 66.4 Å². The summed E-state index contributed by atoms with van der Waals surface area (Å²) in [5.74, 6) is 1.52. The van der Waals surface area contributed by atoms with Crippen LogP contribution in [0.1, 0.15) is 12.5 Å². The maximum absolute atomic E-state index is 10.6. The molecule has 1 aliphatic rings. The maximum Gasteiger partial charge on any atom is 0.195 e. The summed E-state index contributed by atoms with van der Waals surface area (Å²) in [6.45, 7) is 5.53. The molecule has 0 spiro atoms. The highest BCUT2D eigenvalue weighted by molar-refractivity contribution is 5.76. The smallest absolute Gasteiger partial charge is 0.195 e. The van der Waals surface area contributed by atoms with Gasteiger partial charge in [0.15, 0.2) is 6.23 Å². The van der Waals surface area contributed by atoms with Gasteiger partial charge in [-0.3, -0.25) is 4.79 Å². The number of aliphatic hydroxyl groups excluding tert-OH is 1. The molecule has 2 rings (SSSR count). The minimum absolute atomic E-state index is 0.290. The monoisotopic (exact) mass is 329 g/mol. The quantitative estimate of drug-likeness (QED) is 0.477. The van der Waals surface area contributed by atoms with Crippen LogP contribution in [0.25, 0.3) is 5.76 Å². The molecule has 5 heteroatoms. The lowest BCUT2D eigenvalue weighted by Gasteiger charge is -2.14. The minimum atomic E-state index is -0.290. The van der Waals surface area contributed by atoms with Gasteiger partial charge in [0.2, 0.25) is 0 Å². The molecule has 2 N–H and O–H groups in total. The number of benzene rings is 1. The summed E-state index contributed by atoms with van der Waals surface area (Å²) in [4.78, 5) is 10.6. The summed E-state index contributed by atoms with van der Waals surface area (Å²) >= 11 is 0. The second-order valence-electron chi connectivity index (χ2n) is 4.72. The molecule has 1 atom stereocenters. The first-order chi connectivity index (χ1) is 11.7. The van der Waals surface area contributed by atoms with Crippen LogP contribution in [-0.4, -0.2) is 31.8 Å². The van der Waals surface area contributed by atoms with Crippen LogP contribution in [0.3, 0.4) is 0 Å². The number of hydrogen-bond donors (Lipinski definition) is 2. The number of carbonyl (C=O) groups is 1. The number of ether oxygens (including phenoxy) is 2. The van der Waals surface area contributed by atoms with Crippen molar-refractivity contribution in [2.75, 3.05) is 14.2 Å². The van der Waals surface area contributed by atoms with Crippen molar-refractivity contribution in [1.29, 1.82) is 0 Å². The van der Waals surface area contributed by atoms with E-state index in [1.165, 1.54) is 0 Å². The van der Waals surface area contributed by atoms with Crippen molar-refractivity contribution < 1.29 is 19.4 Å². The molecule has 0 radical (unpaired) electrons. The van der Waals surface area contributed by atoms with E-state index in [4.69, 9.17) is 14.6 Å². The topological polar surface area (TPSA) is 67.8 Å². The van der Waals surface area contributed by atoms with E-state index in [2.05, 4.69) is 11.9 Å². The number of rotatable bonds is 6. The first kappa shape index (κ1) is 19.3. The predicted octanol–water partition coefficient (Wildman–Crippen LogP) is 2.81. The first-order valence-electron chi connectivity index (χ1n) is 7.38. The van der Waals surface area contributed by atoms with E-state index in [1.807, 2.05) is 49.5 Å². The Balaban J connectivity index is 0.00000139. The van der Waals surface area contributed by atoms with Crippen LogP contribution in [0.5, 0.6) is 5.75 Å². The average molecular weight is 329 g/mol. The number of nitrogens with one attached hydrogen (secondary N) is 1. The zero-order valence-electron chi connectivity index (χ0n) is 14.2. The molecule has 0 saturated carbocycles. The van der Waals surface area contributed by atoms with Gasteiger partial charge in [0, 0.05) is 30.0 Å². The third-order valence-corrected chi connectivity index (χ3v) is 3.24. The highest BCUT2D eigenvalue weighted by atomic mass is 16.5. The molecule has 128 valence electrons. The maximum atomic E-state index is 10.6. The van der Waals surface area contributed by atoms with E-state index in [-0.39, 0.29) is 6.23 Å². The van der Waals surface area contributed by atoms with E-state index in [0.717, 1.165) is 29.8 Å². The molecule has 1 heterocycles. The fourth-order valence-electron chi connectivity index (χ4n) is 2.02. The Morgan fingerprint density at radius 2 is 2.12 bits per heavy atom. The molecule has 1 aliphatic heterocycles. The Morgan fingerprint density at radius 1 is 1.38 bits per heavy atom. The lowest BCUT2D eigenvalue weighted by atomic mass is 10.1. The Labute approximate surface area is 142 Å². The van der Waals surface area contributed by atoms with Crippen molar-refractivity contribution >= 4 is 12.0 Å². The van der Waals surface area contributed by atoms with Crippen LogP contribution < -0.4 is 10.1 Å². The highest BCUT2D eigenvalue weighted by Gasteiger charge is 2.20. The van der Waals surface area contributed by atoms with Crippen molar-refractivity contribution in [2.45, 2.75) is 13.2 Å². The van der Waals surface area contributed by atoms with Crippen LogP contribution in [0.2, 0.25) is 0 Å². The third kappa shape index (κ3) is 5.14. The van der Waals surface area contributed by atoms with E-state index in [1.54, 1.807) is 13.2 Å². The first-order valence-corrected chi connectivity index (χ1v) is 7.38. The largest absolute Gasteiger partial charge is 0.497 e. The Morgan fingerprint density at radius 3 is 2.75 bits per heavy atom. The lowest BCUT2D eigenvalue weighted by Crippen LogP contribution is -2.22. The van der Waals surface area contributed by atoms with E-state index < -0.39 is 0 Å². The molecule has 1 aromatic carbocycles. The molecular weight excluding hydrogens is 306 g/mol. The number of hydrogen-bond acceptors (Lipinski definition) is 5. The summed E-state index contributed by atoms with van der Waals surface area (Å²) in [5, 5.41) is 10.2. The lowest BCUT2D eigenvalue weighted by molar-refractivity contribution is -0.104. The summed E-state index contributed by atoms with van der Waals surface area (Å²) in [6.07, 6.45) is 7.65. The molecule has 0 aromatic heterocycles. The number of aliphatic hydroxyl groups is 1. The van der Waals surface area contributed by atoms with Crippen molar-refractivity contribution in [3.63, 3.8) is 0 Å². The Kier molecular flexibility index (Phi) is 8.08. The molecular formula is C19H23NO4. The molecule has 5 nitrogen and oxygen atoms in total. The zero-order valence-corrected chi connectivity index (χ0v) is 14.2. The van der Waals surface area contributed by atoms with E-state index >= 15 is 0 Å². The standard InChI is InChI=1S/C18H19NO3.CH4O/c1-4-14(9-8-13(2)12-20)18-19-11-17(22-18)15-6-5-7-16(10-15)21-3;1-2/h4-12,18-19H,2H2,1,3H3;2H,1H3/b9-8-,14-4+;. The van der Waals surface area contributed by atoms with Gasteiger partial charge in [0.25, 0.3) is 0 Å². The van der Waals surface area contributed by atoms with Crippen LogP contribution in [0.4, 0.5) is 0 Å². The van der Waals surface area contributed by atoms with E-state index in [9.17, 15) is 4.79 Å². The van der Waals surface area contributed by atoms with Crippen molar-refractivity contribution in [3.8, 4) is 5.75 Å². The molecule has 0 fully saturated rings. The van der Waals surface area contributed by atoms with Gasteiger partial charge < -0.3 is 19.9 Å². The second kappa shape index (κ2) is 10.1. The van der Waals surface area contributed by atoms with Crippen molar-refractivity contribution in [1.82, 2.24) is 5.32 Å². The van der Waals surface area contributed by atoms with Gasteiger partial charge in [0.1, 0.15) is 17.8 Å². The summed E-state index contributed by atoms with van der Waals surface area (Å²) in [6, 6.07) is 7.67. The van der Waals surface area contributed by atoms with E-state index in [0.29, 0.717) is 11.9 Å². The van der Waals surface area contributed by atoms with Crippen molar-refractivity contribution in [2.24, 2.45) is 0 Å². The molecule has 0 saturated heterocycles. The van der Waals surface area contributed by atoms with Gasteiger partial charge in [-0.25, -0.2) is 0 Å². The zero-order chi connectivity index (χ0) is 17.9. The van der Waals surface area contributed by atoms with Crippen LogP contribution >= 0.6 is 0 Å². The number of aldehydes is 1. The summed E-state index contributed by atoms with van der Waals surface area (Å²) < 4.78 is 11.1. The molecule has 0 aliphatic carbocycles.